The highest BCUT2D eigenvalue weighted by atomic mass is 16.3. The summed E-state index contributed by atoms with van der Waals surface area (Å²) in [4.78, 5) is 13.0. The molecule has 1 atom stereocenters. The van der Waals surface area contributed by atoms with E-state index in [0.29, 0.717) is 0 Å². The van der Waals surface area contributed by atoms with E-state index in [-0.39, 0.29) is 6.04 Å². The largest absolute Gasteiger partial charge is 0.371 e. The molecule has 3 nitrogen and oxygen atoms in total. The molecule has 2 rings (SSSR count). The Balaban J connectivity index is 2.25. The van der Waals surface area contributed by atoms with Gasteiger partial charge in [0.2, 0.25) is 0 Å². The van der Waals surface area contributed by atoms with Crippen LogP contribution in [-0.2, 0) is 12.8 Å². The van der Waals surface area contributed by atoms with Crippen LogP contribution in [0.2, 0.25) is 0 Å². The molecule has 0 aromatic heterocycles. The van der Waals surface area contributed by atoms with Crippen LogP contribution in [-0.4, -0.2) is 19.1 Å². The zero-order valence-corrected chi connectivity index (χ0v) is 11.6. The van der Waals surface area contributed by atoms with Crippen molar-refractivity contribution in [2.45, 2.75) is 46.1 Å². The predicted octanol–water partition coefficient (Wildman–Crippen LogP) is 3.46. The SMILES string of the molecule is CCCN1CCc2cc(CC(C)N=O)cc(C)c21. The lowest BCUT2D eigenvalue weighted by atomic mass is 9.99. The van der Waals surface area contributed by atoms with Crippen LogP contribution in [0.4, 0.5) is 5.69 Å². The fraction of sp³-hybridized carbons (Fsp3) is 0.600. The summed E-state index contributed by atoms with van der Waals surface area (Å²) >= 11 is 0. The normalized spacial score (nSPS) is 15.6. The van der Waals surface area contributed by atoms with E-state index in [0.717, 1.165) is 25.9 Å². The van der Waals surface area contributed by atoms with Gasteiger partial charge in [-0.3, -0.25) is 0 Å². The molecular formula is C15H22N2O. The van der Waals surface area contributed by atoms with E-state index in [4.69, 9.17) is 0 Å². The molecule has 1 aromatic rings. The molecule has 18 heavy (non-hydrogen) atoms. The number of hydrogen-bond acceptors (Lipinski definition) is 3. The van der Waals surface area contributed by atoms with Crippen LogP contribution in [0.25, 0.3) is 0 Å². The van der Waals surface area contributed by atoms with Crippen molar-refractivity contribution in [1.82, 2.24) is 0 Å². The molecule has 1 unspecified atom stereocenters. The van der Waals surface area contributed by atoms with Gasteiger partial charge in [0.25, 0.3) is 0 Å². The molecule has 0 amide bonds. The van der Waals surface area contributed by atoms with Crippen molar-refractivity contribution < 1.29 is 0 Å². The average molecular weight is 246 g/mol. The van der Waals surface area contributed by atoms with E-state index in [1.807, 2.05) is 6.92 Å². The van der Waals surface area contributed by atoms with Crippen LogP contribution >= 0.6 is 0 Å². The summed E-state index contributed by atoms with van der Waals surface area (Å²) in [5, 5.41) is 3.09. The smallest absolute Gasteiger partial charge is 0.0931 e. The lowest BCUT2D eigenvalue weighted by Gasteiger charge is -2.21. The number of anilines is 1. The van der Waals surface area contributed by atoms with Gasteiger partial charge in [-0.1, -0.05) is 24.2 Å². The summed E-state index contributed by atoms with van der Waals surface area (Å²) in [7, 11) is 0. The van der Waals surface area contributed by atoms with E-state index in [2.05, 4.69) is 36.1 Å². The van der Waals surface area contributed by atoms with Crippen molar-refractivity contribution >= 4 is 5.69 Å². The van der Waals surface area contributed by atoms with E-state index >= 15 is 0 Å². The van der Waals surface area contributed by atoms with E-state index < -0.39 is 0 Å². The van der Waals surface area contributed by atoms with Gasteiger partial charge in [0.1, 0.15) is 0 Å². The highest BCUT2D eigenvalue weighted by Crippen LogP contribution is 2.33. The maximum Gasteiger partial charge on any atom is 0.0931 e. The number of rotatable bonds is 5. The molecule has 0 saturated heterocycles. The first kappa shape index (κ1) is 13.1. The Kier molecular flexibility index (Phi) is 4.00. The standard InChI is InChI=1S/C15H22N2O/c1-4-6-17-7-5-14-10-13(9-12(3)16-18)8-11(2)15(14)17/h8,10,12H,4-7,9H2,1-3H3. The number of fused-ring (bicyclic) bond motifs is 1. The molecule has 0 N–H and O–H groups in total. The molecule has 1 heterocycles. The van der Waals surface area contributed by atoms with Crippen LogP contribution in [0.1, 0.15) is 37.0 Å². The monoisotopic (exact) mass is 246 g/mol. The van der Waals surface area contributed by atoms with Crippen molar-refractivity contribution in [1.29, 1.82) is 0 Å². The Bertz CT molecular complexity index is 442. The van der Waals surface area contributed by atoms with Gasteiger partial charge in [-0.25, -0.2) is 0 Å². The Labute approximate surface area is 109 Å². The molecule has 1 aromatic carbocycles. The topological polar surface area (TPSA) is 32.7 Å². The van der Waals surface area contributed by atoms with E-state index in [1.165, 1.54) is 28.8 Å². The maximum absolute atomic E-state index is 10.5. The third-order valence-electron chi connectivity index (χ3n) is 3.61. The first-order valence-corrected chi connectivity index (χ1v) is 6.85. The number of nitroso groups, excluding NO2 is 1. The molecule has 0 spiro atoms. The van der Waals surface area contributed by atoms with Crippen LogP contribution < -0.4 is 4.90 Å². The fourth-order valence-electron chi connectivity index (χ4n) is 2.93. The Morgan fingerprint density at radius 3 is 2.89 bits per heavy atom. The van der Waals surface area contributed by atoms with E-state index in [1.54, 1.807) is 0 Å². The summed E-state index contributed by atoms with van der Waals surface area (Å²) in [6, 6.07) is 4.35. The molecule has 0 fully saturated rings. The highest BCUT2D eigenvalue weighted by molar-refractivity contribution is 5.64. The van der Waals surface area contributed by atoms with Gasteiger partial charge >= 0.3 is 0 Å². The van der Waals surface area contributed by atoms with Crippen molar-refractivity contribution in [2.75, 3.05) is 18.0 Å². The van der Waals surface area contributed by atoms with Gasteiger partial charge in [0.15, 0.2) is 0 Å². The third-order valence-corrected chi connectivity index (χ3v) is 3.61. The molecule has 98 valence electrons. The zero-order chi connectivity index (χ0) is 13.1. The highest BCUT2D eigenvalue weighted by Gasteiger charge is 2.21. The first-order valence-electron chi connectivity index (χ1n) is 6.85. The van der Waals surface area contributed by atoms with E-state index in [9.17, 15) is 4.91 Å². The molecule has 1 aliphatic rings. The number of benzene rings is 1. The van der Waals surface area contributed by atoms with Crippen molar-refractivity contribution in [3.63, 3.8) is 0 Å². The number of aryl methyl sites for hydroxylation is 1. The molecule has 0 saturated carbocycles. The van der Waals surface area contributed by atoms with Crippen LogP contribution in [0, 0.1) is 11.8 Å². The molecule has 0 bridgehead atoms. The predicted molar refractivity (Wildman–Crippen MR) is 76.3 cm³/mol. The average Bonchev–Trinajstić information content (AvgIpc) is 2.73. The second kappa shape index (κ2) is 5.51. The van der Waals surface area contributed by atoms with Crippen LogP contribution in [0.15, 0.2) is 17.3 Å². The number of nitrogens with zero attached hydrogens (tertiary/aromatic N) is 2. The van der Waals surface area contributed by atoms with Gasteiger partial charge < -0.3 is 4.90 Å². The van der Waals surface area contributed by atoms with Gasteiger partial charge in [-0.15, -0.1) is 0 Å². The van der Waals surface area contributed by atoms with Gasteiger partial charge in [0.05, 0.1) is 6.04 Å². The lowest BCUT2D eigenvalue weighted by Crippen LogP contribution is -2.21. The minimum absolute atomic E-state index is 0.129. The van der Waals surface area contributed by atoms with Crippen LogP contribution in [0.5, 0.6) is 0 Å². The second-order valence-corrected chi connectivity index (χ2v) is 5.32. The molecule has 0 aliphatic carbocycles. The van der Waals surface area contributed by atoms with Gasteiger partial charge in [-0.2, -0.15) is 4.91 Å². The summed E-state index contributed by atoms with van der Waals surface area (Å²) < 4.78 is 0. The Hall–Kier alpha value is -1.38. The maximum atomic E-state index is 10.5. The number of hydrogen-bond donors (Lipinski definition) is 0. The molecule has 0 radical (unpaired) electrons. The zero-order valence-electron chi connectivity index (χ0n) is 11.6. The van der Waals surface area contributed by atoms with Crippen molar-refractivity contribution in [3.8, 4) is 0 Å². The fourth-order valence-corrected chi connectivity index (χ4v) is 2.93. The second-order valence-electron chi connectivity index (χ2n) is 5.32. The summed E-state index contributed by atoms with van der Waals surface area (Å²) in [6.07, 6.45) is 3.07. The molecular weight excluding hydrogens is 224 g/mol. The lowest BCUT2D eigenvalue weighted by molar-refractivity contribution is 0.733. The van der Waals surface area contributed by atoms with Gasteiger partial charge in [0, 0.05) is 18.8 Å². The molecule has 3 heteroatoms. The minimum Gasteiger partial charge on any atom is -0.371 e. The van der Waals surface area contributed by atoms with Gasteiger partial charge in [-0.05, 0) is 49.8 Å². The summed E-state index contributed by atoms with van der Waals surface area (Å²) in [5.41, 5.74) is 5.45. The molecule has 1 aliphatic heterocycles. The summed E-state index contributed by atoms with van der Waals surface area (Å²) in [5.74, 6) is 0. The Morgan fingerprint density at radius 1 is 1.44 bits per heavy atom. The quantitative estimate of drug-likeness (QED) is 0.745. The Morgan fingerprint density at radius 2 is 2.22 bits per heavy atom. The minimum atomic E-state index is -0.129. The third kappa shape index (κ3) is 2.55. The van der Waals surface area contributed by atoms with Crippen molar-refractivity contribution in [2.24, 2.45) is 5.18 Å². The first-order chi connectivity index (χ1) is 8.65. The summed E-state index contributed by atoms with van der Waals surface area (Å²) in [6.45, 7) is 8.54. The van der Waals surface area contributed by atoms with Crippen molar-refractivity contribution in [3.05, 3.63) is 33.7 Å². The van der Waals surface area contributed by atoms with Crippen LogP contribution in [0.3, 0.4) is 0 Å².